The summed E-state index contributed by atoms with van der Waals surface area (Å²) in [5.41, 5.74) is 0. The molecule has 0 aromatic carbocycles. The molecule has 64 valence electrons. The minimum absolute atomic E-state index is 0.490. The molecule has 5 nitrogen and oxygen atoms in total. The maximum absolute atomic E-state index is 11.1. The van der Waals surface area contributed by atoms with Crippen molar-refractivity contribution < 1.29 is 19.1 Å². The number of morpholine rings is 1. The first-order chi connectivity index (χ1) is 5.70. The van der Waals surface area contributed by atoms with E-state index in [1.165, 1.54) is 4.90 Å². The largest absolute Gasteiger partial charge is 0.404 e. The molecule has 1 amide bonds. The number of ether oxygens (including phenoxy) is 1. The molecule has 2 fully saturated rings. The zero-order chi connectivity index (χ0) is 8.72. The molecule has 1 unspecified atom stereocenters. The van der Waals surface area contributed by atoms with E-state index in [2.05, 4.69) is 4.74 Å². The van der Waals surface area contributed by atoms with E-state index in [0.29, 0.717) is 13.0 Å². The monoisotopic (exact) mass is 169 g/mol. The molecule has 2 aliphatic rings. The summed E-state index contributed by atoms with van der Waals surface area (Å²) in [6.45, 7) is 0.490. The second-order valence-electron chi connectivity index (χ2n) is 2.87. The van der Waals surface area contributed by atoms with Crippen LogP contribution in [0.2, 0.25) is 0 Å². The van der Waals surface area contributed by atoms with Crippen molar-refractivity contribution in [2.75, 3.05) is 6.54 Å². The van der Waals surface area contributed by atoms with Gasteiger partial charge in [0.05, 0.1) is 0 Å². The number of carbonyl (C=O) groups excluding carboxylic acids is 3. The number of rotatable bonds is 0. The summed E-state index contributed by atoms with van der Waals surface area (Å²) in [6, 6.07) is -0.504. The second kappa shape index (κ2) is 2.30. The first kappa shape index (κ1) is 7.27. The number of fused-ring (bicyclic) bond motifs is 1. The van der Waals surface area contributed by atoms with Gasteiger partial charge in [0.2, 0.25) is 0 Å². The van der Waals surface area contributed by atoms with Crippen LogP contribution < -0.4 is 0 Å². The smallest absolute Gasteiger partial charge is 0.384 e. The summed E-state index contributed by atoms with van der Waals surface area (Å²) < 4.78 is 4.24. The van der Waals surface area contributed by atoms with E-state index in [1.54, 1.807) is 0 Å². The summed E-state index contributed by atoms with van der Waals surface area (Å²) in [6.07, 6.45) is 1.37. The number of amides is 1. The minimum Gasteiger partial charge on any atom is -0.384 e. The van der Waals surface area contributed by atoms with Crippen LogP contribution in [-0.4, -0.2) is 35.3 Å². The normalized spacial score (nSPS) is 28.8. The van der Waals surface area contributed by atoms with Crippen molar-refractivity contribution in [1.82, 2.24) is 4.90 Å². The van der Waals surface area contributed by atoms with Crippen molar-refractivity contribution in [2.24, 2.45) is 0 Å². The molecule has 12 heavy (non-hydrogen) atoms. The van der Waals surface area contributed by atoms with Crippen LogP contribution in [0.1, 0.15) is 12.8 Å². The van der Waals surface area contributed by atoms with Gasteiger partial charge >= 0.3 is 17.8 Å². The summed E-state index contributed by atoms with van der Waals surface area (Å²) in [5.74, 6) is -2.31. The summed E-state index contributed by atoms with van der Waals surface area (Å²) in [4.78, 5) is 34.0. The summed E-state index contributed by atoms with van der Waals surface area (Å²) >= 11 is 0. The minimum atomic E-state index is -1.04. The zero-order valence-corrected chi connectivity index (χ0v) is 6.28. The SMILES string of the molecule is O=C1OC(=O)C2CCCN2C1=O. The second-order valence-corrected chi connectivity index (χ2v) is 2.87. The maximum atomic E-state index is 11.1. The number of carbonyl (C=O) groups is 3. The predicted octanol–water partition coefficient (Wildman–Crippen LogP) is -0.939. The molecule has 0 radical (unpaired) electrons. The first-order valence-electron chi connectivity index (χ1n) is 3.77. The molecule has 1 atom stereocenters. The van der Waals surface area contributed by atoms with Gasteiger partial charge in [0.25, 0.3) is 0 Å². The lowest BCUT2D eigenvalue weighted by Crippen LogP contribution is -2.51. The Hall–Kier alpha value is -1.39. The molecule has 0 aromatic rings. The number of cyclic esters (lactones) is 2. The van der Waals surface area contributed by atoms with Gasteiger partial charge in [-0.05, 0) is 12.8 Å². The third kappa shape index (κ3) is 0.823. The lowest BCUT2D eigenvalue weighted by atomic mass is 10.2. The van der Waals surface area contributed by atoms with Gasteiger partial charge in [-0.1, -0.05) is 0 Å². The fourth-order valence-electron chi connectivity index (χ4n) is 1.58. The Labute approximate surface area is 68.3 Å². The molecule has 5 heteroatoms. The molecule has 0 N–H and O–H groups in total. The van der Waals surface area contributed by atoms with Crippen LogP contribution in [-0.2, 0) is 19.1 Å². The van der Waals surface area contributed by atoms with Gasteiger partial charge in [0.1, 0.15) is 6.04 Å². The maximum Gasteiger partial charge on any atom is 0.404 e. The van der Waals surface area contributed by atoms with Crippen molar-refractivity contribution in [3.05, 3.63) is 0 Å². The van der Waals surface area contributed by atoms with Gasteiger partial charge in [-0.3, -0.25) is 4.79 Å². The van der Waals surface area contributed by atoms with Crippen LogP contribution in [0.25, 0.3) is 0 Å². The molecule has 2 saturated heterocycles. The third-order valence-electron chi connectivity index (χ3n) is 2.15. The average Bonchev–Trinajstić information content (AvgIpc) is 2.48. The van der Waals surface area contributed by atoms with E-state index in [-0.39, 0.29) is 0 Å². The number of hydrogen-bond acceptors (Lipinski definition) is 4. The molecule has 0 saturated carbocycles. The molecule has 0 aromatic heterocycles. The van der Waals surface area contributed by atoms with E-state index in [4.69, 9.17) is 0 Å². The molecule has 0 aliphatic carbocycles. The Morgan fingerprint density at radius 1 is 1.33 bits per heavy atom. The van der Waals surface area contributed by atoms with E-state index >= 15 is 0 Å². The predicted molar refractivity (Wildman–Crippen MR) is 35.8 cm³/mol. The van der Waals surface area contributed by atoms with E-state index in [9.17, 15) is 14.4 Å². The van der Waals surface area contributed by atoms with Crippen LogP contribution in [0.3, 0.4) is 0 Å². The van der Waals surface area contributed by atoms with Gasteiger partial charge in [0.15, 0.2) is 0 Å². The van der Waals surface area contributed by atoms with Gasteiger partial charge in [-0.15, -0.1) is 0 Å². The summed E-state index contributed by atoms with van der Waals surface area (Å²) in [7, 11) is 0. The fourth-order valence-corrected chi connectivity index (χ4v) is 1.58. The van der Waals surface area contributed by atoms with Gasteiger partial charge in [-0.25, -0.2) is 9.59 Å². The Bertz CT molecular complexity index is 273. The van der Waals surface area contributed by atoms with Crippen molar-refractivity contribution in [2.45, 2.75) is 18.9 Å². The molecule has 2 rings (SSSR count). The Balaban J connectivity index is 2.29. The number of hydrogen-bond donors (Lipinski definition) is 0. The molecule has 2 aliphatic heterocycles. The quantitative estimate of drug-likeness (QED) is 0.267. The van der Waals surface area contributed by atoms with Crippen LogP contribution in [0, 0.1) is 0 Å². The highest BCUT2D eigenvalue weighted by molar-refractivity contribution is 6.36. The first-order valence-corrected chi connectivity index (χ1v) is 3.77. The topological polar surface area (TPSA) is 63.7 Å². The fraction of sp³-hybridized carbons (Fsp3) is 0.571. The Kier molecular flexibility index (Phi) is 1.39. The highest BCUT2D eigenvalue weighted by Crippen LogP contribution is 2.22. The lowest BCUT2D eigenvalue weighted by Gasteiger charge is -2.25. The Morgan fingerprint density at radius 3 is 2.83 bits per heavy atom. The highest BCUT2D eigenvalue weighted by Gasteiger charge is 2.44. The Morgan fingerprint density at radius 2 is 2.08 bits per heavy atom. The van der Waals surface area contributed by atoms with Gasteiger partial charge < -0.3 is 9.64 Å². The summed E-state index contributed by atoms with van der Waals surface area (Å²) in [5, 5.41) is 0. The zero-order valence-electron chi connectivity index (χ0n) is 6.28. The van der Waals surface area contributed by atoms with Crippen LogP contribution >= 0.6 is 0 Å². The highest BCUT2D eigenvalue weighted by atomic mass is 16.6. The van der Waals surface area contributed by atoms with Crippen LogP contribution in [0.4, 0.5) is 0 Å². The molecule has 0 spiro atoms. The van der Waals surface area contributed by atoms with Crippen molar-refractivity contribution in [3.8, 4) is 0 Å². The van der Waals surface area contributed by atoms with Crippen molar-refractivity contribution >= 4 is 17.8 Å². The average molecular weight is 169 g/mol. The van der Waals surface area contributed by atoms with Crippen molar-refractivity contribution in [3.63, 3.8) is 0 Å². The van der Waals surface area contributed by atoms with Gasteiger partial charge in [0, 0.05) is 6.54 Å². The van der Waals surface area contributed by atoms with Gasteiger partial charge in [-0.2, -0.15) is 0 Å². The van der Waals surface area contributed by atoms with E-state index in [0.717, 1.165) is 6.42 Å². The van der Waals surface area contributed by atoms with Crippen LogP contribution in [0.15, 0.2) is 0 Å². The molecule has 2 heterocycles. The van der Waals surface area contributed by atoms with E-state index in [1.807, 2.05) is 0 Å². The standard InChI is InChI=1S/C7H7NO4/c9-5-7(11)12-6(10)4-2-1-3-8(4)5/h4H,1-3H2. The van der Waals surface area contributed by atoms with Crippen molar-refractivity contribution in [1.29, 1.82) is 0 Å². The molecule has 0 bridgehead atoms. The third-order valence-corrected chi connectivity index (χ3v) is 2.15. The van der Waals surface area contributed by atoms with E-state index < -0.39 is 23.9 Å². The lowest BCUT2D eigenvalue weighted by molar-refractivity contribution is -0.178. The number of esters is 2. The number of nitrogens with zero attached hydrogens (tertiary/aromatic N) is 1. The molecular formula is C7H7NO4. The molecular weight excluding hydrogens is 162 g/mol. The van der Waals surface area contributed by atoms with Crippen LogP contribution in [0.5, 0.6) is 0 Å².